The van der Waals surface area contributed by atoms with Crippen LogP contribution in [0, 0.1) is 5.92 Å². The van der Waals surface area contributed by atoms with E-state index in [0.717, 1.165) is 54.4 Å². The molecule has 1 atom stereocenters. The third-order valence-electron chi connectivity index (χ3n) is 4.64. The molecule has 132 valence electrons. The predicted octanol–water partition coefficient (Wildman–Crippen LogP) is 2.62. The van der Waals surface area contributed by atoms with Crippen molar-refractivity contribution < 1.29 is 14.7 Å². The third kappa shape index (κ3) is 4.69. The number of nitrogens with one attached hydrogen (secondary N) is 1. The molecule has 0 radical (unpaired) electrons. The smallest absolute Gasteiger partial charge is 0.422 e. The fourth-order valence-corrected chi connectivity index (χ4v) is 3.57. The molecule has 2 rings (SSSR count). The molecule has 0 spiro atoms. The average molecular weight is 354 g/mol. The lowest BCUT2D eigenvalue weighted by atomic mass is 9.87. The minimum atomic E-state index is -1.05. The molecule has 24 heavy (non-hydrogen) atoms. The highest BCUT2D eigenvalue weighted by molar-refractivity contribution is 6.31. The van der Waals surface area contributed by atoms with Gasteiger partial charge in [0, 0.05) is 25.0 Å². The highest BCUT2D eigenvalue weighted by Gasteiger charge is 2.32. The number of rotatable bonds is 7. The van der Waals surface area contributed by atoms with Crippen molar-refractivity contribution in [2.24, 2.45) is 5.92 Å². The maximum atomic E-state index is 11.4. The Hall–Kier alpha value is -1.63. The molecular weight excluding hydrogens is 330 g/mol. The van der Waals surface area contributed by atoms with Crippen molar-refractivity contribution in [2.75, 3.05) is 20.1 Å². The number of nitrogens with zero attached hydrogens (tertiary/aromatic N) is 2. The number of piperidine rings is 1. The Balaban J connectivity index is 1.95. The van der Waals surface area contributed by atoms with Crippen molar-refractivity contribution in [1.82, 2.24) is 15.3 Å². The number of hydrazine groups is 1. The number of likely N-dealkylation sites (tertiary alicyclic amines) is 1. The van der Waals surface area contributed by atoms with Crippen molar-refractivity contribution in [3.63, 3.8) is 0 Å². The summed E-state index contributed by atoms with van der Waals surface area (Å²) < 4.78 is 0. The zero-order valence-corrected chi connectivity index (χ0v) is 14.6. The van der Waals surface area contributed by atoms with Crippen LogP contribution < -0.4 is 5.43 Å². The Morgan fingerprint density at radius 3 is 2.67 bits per heavy atom. The zero-order valence-electron chi connectivity index (χ0n) is 13.8. The zero-order chi connectivity index (χ0) is 17.5. The van der Waals surface area contributed by atoms with Gasteiger partial charge in [-0.15, -0.1) is 0 Å². The minimum absolute atomic E-state index is 0.168. The molecule has 1 aliphatic heterocycles. The van der Waals surface area contributed by atoms with E-state index in [1.165, 1.54) is 0 Å². The molecule has 0 bridgehead atoms. The summed E-state index contributed by atoms with van der Waals surface area (Å²) in [4.78, 5) is 24.6. The SMILES string of the molecule is CNN(C(=O)O)C(CC=O)C1CCN(Cc2ccccc2Cl)CC1. The molecule has 1 unspecified atom stereocenters. The van der Waals surface area contributed by atoms with E-state index in [0.29, 0.717) is 0 Å². The first kappa shape index (κ1) is 18.7. The number of carbonyl (C=O) groups is 2. The minimum Gasteiger partial charge on any atom is -0.464 e. The second-order valence-electron chi connectivity index (χ2n) is 6.05. The van der Waals surface area contributed by atoms with Gasteiger partial charge in [-0.2, -0.15) is 0 Å². The van der Waals surface area contributed by atoms with Crippen molar-refractivity contribution in [3.05, 3.63) is 34.9 Å². The number of amides is 1. The number of hydrogen-bond donors (Lipinski definition) is 2. The molecule has 6 nitrogen and oxygen atoms in total. The maximum absolute atomic E-state index is 11.4. The summed E-state index contributed by atoms with van der Waals surface area (Å²) in [5.74, 6) is 0.168. The van der Waals surface area contributed by atoms with E-state index in [9.17, 15) is 14.7 Å². The Bertz CT molecular complexity index is 562. The van der Waals surface area contributed by atoms with E-state index in [4.69, 9.17) is 11.6 Å². The Morgan fingerprint density at radius 1 is 1.46 bits per heavy atom. The standard InChI is InChI=1S/C17H24ClN3O3/c1-19-21(17(23)24)16(8-11-22)13-6-9-20(10-7-13)12-14-4-2-3-5-15(14)18/h2-5,11,13,16,19H,6-10,12H2,1H3,(H,23,24). The molecule has 1 fully saturated rings. The summed E-state index contributed by atoms with van der Waals surface area (Å²) in [5.41, 5.74) is 3.79. The Morgan fingerprint density at radius 2 is 2.12 bits per heavy atom. The third-order valence-corrected chi connectivity index (χ3v) is 5.01. The molecule has 1 aromatic rings. The summed E-state index contributed by atoms with van der Waals surface area (Å²) in [6.45, 7) is 2.52. The lowest BCUT2D eigenvalue weighted by molar-refractivity contribution is -0.109. The molecule has 2 N–H and O–H groups in total. The lowest BCUT2D eigenvalue weighted by Crippen LogP contribution is -2.52. The Labute approximate surface area is 147 Å². The molecule has 0 aromatic heterocycles. The first-order valence-electron chi connectivity index (χ1n) is 8.15. The van der Waals surface area contributed by atoms with Crippen LogP contribution in [0.3, 0.4) is 0 Å². The second kappa shape index (κ2) is 9.01. The molecule has 1 aliphatic rings. The maximum Gasteiger partial charge on any atom is 0.422 e. The van der Waals surface area contributed by atoms with Crippen LogP contribution >= 0.6 is 11.6 Å². The monoisotopic (exact) mass is 353 g/mol. The van der Waals surface area contributed by atoms with Crippen LogP contribution in [-0.2, 0) is 11.3 Å². The summed E-state index contributed by atoms with van der Waals surface area (Å²) in [5, 5.41) is 11.2. The van der Waals surface area contributed by atoms with Crippen molar-refractivity contribution in [2.45, 2.75) is 31.8 Å². The molecule has 7 heteroatoms. The van der Waals surface area contributed by atoms with E-state index in [-0.39, 0.29) is 18.4 Å². The Kier molecular flexibility index (Phi) is 7.02. The molecule has 1 heterocycles. The van der Waals surface area contributed by atoms with Gasteiger partial charge in [-0.3, -0.25) is 4.90 Å². The summed E-state index contributed by atoms with van der Waals surface area (Å²) >= 11 is 6.21. The van der Waals surface area contributed by atoms with Gasteiger partial charge >= 0.3 is 6.09 Å². The van der Waals surface area contributed by atoms with Crippen molar-refractivity contribution in [1.29, 1.82) is 0 Å². The topological polar surface area (TPSA) is 72.9 Å². The van der Waals surface area contributed by atoms with Crippen LogP contribution in [0.1, 0.15) is 24.8 Å². The molecule has 0 aliphatic carbocycles. The van der Waals surface area contributed by atoms with Gasteiger partial charge in [-0.25, -0.2) is 15.2 Å². The second-order valence-corrected chi connectivity index (χ2v) is 6.46. The quantitative estimate of drug-likeness (QED) is 0.582. The van der Waals surface area contributed by atoms with E-state index in [2.05, 4.69) is 10.3 Å². The number of carbonyl (C=O) groups excluding carboxylic acids is 1. The first-order chi connectivity index (χ1) is 11.6. The molecule has 1 aromatic carbocycles. The van der Waals surface area contributed by atoms with E-state index < -0.39 is 6.09 Å². The number of hydrogen-bond acceptors (Lipinski definition) is 4. The van der Waals surface area contributed by atoms with Crippen LogP contribution in [0.5, 0.6) is 0 Å². The summed E-state index contributed by atoms with van der Waals surface area (Å²) in [7, 11) is 1.57. The molecule has 1 saturated heterocycles. The van der Waals surface area contributed by atoms with Crippen LogP contribution in [0.2, 0.25) is 5.02 Å². The van der Waals surface area contributed by atoms with Gasteiger partial charge in [0.15, 0.2) is 0 Å². The highest BCUT2D eigenvalue weighted by Crippen LogP contribution is 2.27. The fraction of sp³-hybridized carbons (Fsp3) is 0.529. The molecular formula is C17H24ClN3O3. The fourth-order valence-electron chi connectivity index (χ4n) is 3.37. The van der Waals surface area contributed by atoms with Crippen molar-refractivity contribution >= 4 is 24.0 Å². The van der Waals surface area contributed by atoms with E-state index in [1.54, 1.807) is 7.05 Å². The normalized spacial score (nSPS) is 17.4. The van der Waals surface area contributed by atoms with Gasteiger partial charge in [0.05, 0.1) is 6.04 Å². The van der Waals surface area contributed by atoms with Crippen LogP contribution in [0.25, 0.3) is 0 Å². The molecule has 1 amide bonds. The van der Waals surface area contributed by atoms with Gasteiger partial charge in [-0.1, -0.05) is 29.8 Å². The number of benzene rings is 1. The first-order valence-corrected chi connectivity index (χ1v) is 8.53. The van der Waals surface area contributed by atoms with Crippen LogP contribution in [0.4, 0.5) is 4.79 Å². The van der Waals surface area contributed by atoms with Gasteiger partial charge < -0.3 is 9.90 Å². The number of carboxylic acid groups (broad SMARTS) is 1. The van der Waals surface area contributed by atoms with E-state index in [1.807, 2.05) is 24.3 Å². The van der Waals surface area contributed by atoms with Gasteiger partial charge in [-0.05, 0) is 43.5 Å². The highest BCUT2D eigenvalue weighted by atomic mass is 35.5. The van der Waals surface area contributed by atoms with E-state index >= 15 is 0 Å². The number of aldehydes is 1. The van der Waals surface area contributed by atoms with Crippen LogP contribution in [-0.4, -0.2) is 53.6 Å². The largest absolute Gasteiger partial charge is 0.464 e. The van der Waals surface area contributed by atoms with Crippen LogP contribution in [0.15, 0.2) is 24.3 Å². The van der Waals surface area contributed by atoms with Gasteiger partial charge in [0.1, 0.15) is 6.29 Å². The average Bonchev–Trinajstić information content (AvgIpc) is 2.57. The van der Waals surface area contributed by atoms with Gasteiger partial charge in [0.2, 0.25) is 0 Å². The lowest BCUT2D eigenvalue weighted by Gasteiger charge is -2.39. The predicted molar refractivity (Wildman–Crippen MR) is 92.8 cm³/mol. The molecule has 0 saturated carbocycles. The summed E-state index contributed by atoms with van der Waals surface area (Å²) in [6.07, 6.45) is 1.67. The van der Waals surface area contributed by atoms with Gasteiger partial charge in [0.25, 0.3) is 0 Å². The summed E-state index contributed by atoms with van der Waals surface area (Å²) in [6, 6.07) is 7.48. The number of halogens is 1. The van der Waals surface area contributed by atoms with Crippen molar-refractivity contribution in [3.8, 4) is 0 Å².